The Balaban J connectivity index is 2.16. The van der Waals surface area contributed by atoms with Gasteiger partial charge in [0.05, 0.1) is 18.4 Å². The van der Waals surface area contributed by atoms with Gasteiger partial charge in [0.2, 0.25) is 0 Å². The van der Waals surface area contributed by atoms with E-state index in [0.717, 1.165) is 11.3 Å². The van der Waals surface area contributed by atoms with Crippen LogP contribution < -0.4 is 10.1 Å². The van der Waals surface area contributed by atoms with Gasteiger partial charge < -0.3 is 15.2 Å². The van der Waals surface area contributed by atoms with Gasteiger partial charge in [-0.25, -0.2) is 9.78 Å². The highest BCUT2D eigenvalue weighted by molar-refractivity contribution is 6.32. The van der Waals surface area contributed by atoms with Crippen LogP contribution in [0.3, 0.4) is 0 Å². The number of hydrogen-bond acceptors (Lipinski definition) is 4. The molecule has 6 heteroatoms. The molecule has 5 nitrogen and oxygen atoms in total. The maximum absolute atomic E-state index is 11.1. The minimum absolute atomic E-state index is 0.0958. The van der Waals surface area contributed by atoms with Gasteiger partial charge in [0.15, 0.2) is 5.15 Å². The molecule has 0 unspecified atom stereocenters. The van der Waals surface area contributed by atoms with E-state index >= 15 is 0 Å². The molecule has 0 spiro atoms. The van der Waals surface area contributed by atoms with Crippen molar-refractivity contribution in [2.24, 2.45) is 0 Å². The lowest BCUT2D eigenvalue weighted by atomic mass is 10.2. The lowest BCUT2D eigenvalue weighted by Crippen LogP contribution is -2.07. The van der Waals surface area contributed by atoms with Crippen molar-refractivity contribution in [2.45, 2.75) is 6.54 Å². The zero-order valence-corrected chi connectivity index (χ0v) is 11.5. The van der Waals surface area contributed by atoms with E-state index in [1.165, 1.54) is 12.3 Å². The third kappa shape index (κ3) is 3.19. The number of carbonyl (C=O) groups is 1. The summed E-state index contributed by atoms with van der Waals surface area (Å²) in [6, 6.07) is 8.84. The van der Waals surface area contributed by atoms with E-state index in [2.05, 4.69) is 10.3 Å². The standard InChI is InChI=1S/C14H13ClN2O3/c1-20-10-4-2-9(3-5-10)8-17-12-11(14(18)19)6-7-16-13(12)15/h2-7,17H,8H2,1H3,(H,18,19). The highest BCUT2D eigenvalue weighted by Crippen LogP contribution is 2.24. The van der Waals surface area contributed by atoms with Gasteiger partial charge in [-0.2, -0.15) is 0 Å². The van der Waals surface area contributed by atoms with Crippen LogP contribution in [0.25, 0.3) is 0 Å². The molecule has 0 aliphatic rings. The summed E-state index contributed by atoms with van der Waals surface area (Å²) < 4.78 is 5.07. The van der Waals surface area contributed by atoms with E-state index in [1.54, 1.807) is 7.11 Å². The Labute approximate surface area is 121 Å². The van der Waals surface area contributed by atoms with E-state index in [9.17, 15) is 4.79 Å². The number of ether oxygens (including phenoxy) is 1. The van der Waals surface area contributed by atoms with Crippen LogP contribution in [0.15, 0.2) is 36.5 Å². The molecule has 2 aromatic rings. The Hall–Kier alpha value is -2.27. The van der Waals surface area contributed by atoms with Gasteiger partial charge in [-0.15, -0.1) is 0 Å². The van der Waals surface area contributed by atoms with Gasteiger partial charge >= 0.3 is 5.97 Å². The maximum atomic E-state index is 11.1. The third-order valence-corrected chi connectivity index (χ3v) is 3.05. The van der Waals surface area contributed by atoms with Gasteiger partial charge in [0.1, 0.15) is 5.75 Å². The summed E-state index contributed by atoms with van der Waals surface area (Å²) in [5.41, 5.74) is 1.39. The summed E-state index contributed by atoms with van der Waals surface area (Å²) in [7, 11) is 1.60. The lowest BCUT2D eigenvalue weighted by Gasteiger charge is -2.11. The smallest absolute Gasteiger partial charge is 0.337 e. The molecule has 20 heavy (non-hydrogen) atoms. The topological polar surface area (TPSA) is 71.5 Å². The lowest BCUT2D eigenvalue weighted by molar-refractivity contribution is 0.0698. The predicted octanol–water partition coefficient (Wildman–Crippen LogP) is 3.05. The number of rotatable bonds is 5. The summed E-state index contributed by atoms with van der Waals surface area (Å²) in [6.07, 6.45) is 1.37. The fourth-order valence-electron chi connectivity index (χ4n) is 1.72. The van der Waals surface area contributed by atoms with Crippen molar-refractivity contribution in [3.63, 3.8) is 0 Å². The monoisotopic (exact) mass is 292 g/mol. The van der Waals surface area contributed by atoms with E-state index in [0.29, 0.717) is 12.2 Å². The van der Waals surface area contributed by atoms with Crippen molar-refractivity contribution in [2.75, 3.05) is 12.4 Å². The number of benzene rings is 1. The van der Waals surface area contributed by atoms with Crippen molar-refractivity contribution in [1.29, 1.82) is 0 Å². The highest BCUT2D eigenvalue weighted by Gasteiger charge is 2.13. The molecule has 1 aromatic carbocycles. The molecule has 1 aromatic heterocycles. The molecule has 2 N–H and O–H groups in total. The van der Waals surface area contributed by atoms with Gasteiger partial charge in [-0.3, -0.25) is 0 Å². The number of aromatic carboxylic acids is 1. The quantitative estimate of drug-likeness (QED) is 0.829. The van der Waals surface area contributed by atoms with Crippen molar-refractivity contribution < 1.29 is 14.6 Å². The Bertz CT molecular complexity index is 614. The Morgan fingerprint density at radius 3 is 2.65 bits per heavy atom. The first kappa shape index (κ1) is 14.1. The second kappa shape index (κ2) is 6.25. The van der Waals surface area contributed by atoms with Crippen LogP contribution >= 0.6 is 11.6 Å². The van der Waals surface area contributed by atoms with Gasteiger partial charge in [-0.1, -0.05) is 23.7 Å². The van der Waals surface area contributed by atoms with Gasteiger partial charge in [0.25, 0.3) is 0 Å². The fraction of sp³-hybridized carbons (Fsp3) is 0.143. The number of hydrogen-bond donors (Lipinski definition) is 2. The molecular formula is C14H13ClN2O3. The molecule has 2 rings (SSSR count). The summed E-state index contributed by atoms with van der Waals surface area (Å²) in [6.45, 7) is 0.440. The Morgan fingerprint density at radius 1 is 1.35 bits per heavy atom. The molecule has 0 radical (unpaired) electrons. The highest BCUT2D eigenvalue weighted by atomic mass is 35.5. The minimum atomic E-state index is -1.05. The number of carboxylic acid groups (broad SMARTS) is 1. The largest absolute Gasteiger partial charge is 0.497 e. The minimum Gasteiger partial charge on any atom is -0.497 e. The summed E-state index contributed by atoms with van der Waals surface area (Å²) in [5, 5.41) is 12.3. The van der Waals surface area contributed by atoms with Crippen LogP contribution in [0.4, 0.5) is 5.69 Å². The van der Waals surface area contributed by atoms with Crippen LogP contribution in [-0.2, 0) is 6.54 Å². The summed E-state index contributed by atoms with van der Waals surface area (Å²) in [4.78, 5) is 15.0. The molecule has 1 heterocycles. The van der Waals surface area contributed by atoms with Crippen molar-refractivity contribution in [3.05, 3.63) is 52.8 Å². The molecule has 0 saturated carbocycles. The molecule has 0 bridgehead atoms. The van der Waals surface area contributed by atoms with Crippen molar-refractivity contribution >= 4 is 23.3 Å². The van der Waals surface area contributed by atoms with Crippen molar-refractivity contribution in [1.82, 2.24) is 4.98 Å². The second-order valence-corrected chi connectivity index (χ2v) is 4.39. The molecule has 0 aliphatic carbocycles. The van der Waals surface area contributed by atoms with E-state index in [-0.39, 0.29) is 10.7 Å². The van der Waals surface area contributed by atoms with Crippen LogP contribution in [0.2, 0.25) is 5.15 Å². The maximum Gasteiger partial charge on any atom is 0.337 e. The molecule has 104 valence electrons. The van der Waals surface area contributed by atoms with Crippen LogP contribution in [0.5, 0.6) is 5.75 Å². The average molecular weight is 293 g/mol. The average Bonchev–Trinajstić information content (AvgIpc) is 2.46. The number of methoxy groups -OCH3 is 1. The first-order chi connectivity index (χ1) is 9.61. The fourth-order valence-corrected chi connectivity index (χ4v) is 1.94. The van der Waals surface area contributed by atoms with Crippen LogP contribution in [0.1, 0.15) is 15.9 Å². The SMILES string of the molecule is COc1ccc(CNc2c(C(=O)O)ccnc2Cl)cc1. The zero-order valence-electron chi connectivity index (χ0n) is 10.8. The van der Waals surface area contributed by atoms with Crippen LogP contribution in [-0.4, -0.2) is 23.2 Å². The van der Waals surface area contributed by atoms with Gasteiger partial charge in [-0.05, 0) is 23.8 Å². The number of aromatic nitrogens is 1. The number of pyridine rings is 1. The van der Waals surface area contributed by atoms with Gasteiger partial charge in [0, 0.05) is 12.7 Å². The summed E-state index contributed by atoms with van der Waals surface area (Å²) in [5.74, 6) is -0.286. The first-order valence-corrected chi connectivity index (χ1v) is 6.24. The predicted molar refractivity (Wildman–Crippen MR) is 76.5 cm³/mol. The van der Waals surface area contributed by atoms with E-state index in [1.807, 2.05) is 24.3 Å². The molecule has 0 atom stereocenters. The number of anilines is 1. The van der Waals surface area contributed by atoms with Crippen LogP contribution in [0, 0.1) is 0 Å². The third-order valence-electron chi connectivity index (χ3n) is 2.76. The first-order valence-electron chi connectivity index (χ1n) is 5.86. The Kier molecular flexibility index (Phi) is 4.42. The molecule has 0 fully saturated rings. The molecule has 0 amide bonds. The van der Waals surface area contributed by atoms with E-state index < -0.39 is 5.97 Å². The summed E-state index contributed by atoms with van der Waals surface area (Å²) >= 11 is 5.93. The number of carboxylic acids is 1. The number of nitrogens with one attached hydrogen (secondary N) is 1. The molecular weight excluding hydrogens is 280 g/mol. The second-order valence-electron chi connectivity index (χ2n) is 4.03. The van der Waals surface area contributed by atoms with Crippen molar-refractivity contribution in [3.8, 4) is 5.75 Å². The Morgan fingerprint density at radius 2 is 2.05 bits per heavy atom. The normalized spacial score (nSPS) is 10.1. The zero-order chi connectivity index (χ0) is 14.5. The molecule has 0 aliphatic heterocycles. The van der Waals surface area contributed by atoms with E-state index in [4.69, 9.17) is 21.4 Å². The number of halogens is 1. The molecule has 0 saturated heterocycles. The number of nitrogens with zero attached hydrogens (tertiary/aromatic N) is 1.